The number of thioether (sulfide) groups is 1. The molecule has 4 rings (SSSR count). The van der Waals surface area contributed by atoms with Gasteiger partial charge in [0.25, 0.3) is 11.5 Å². The second-order valence-corrected chi connectivity index (χ2v) is 9.10. The van der Waals surface area contributed by atoms with E-state index in [1.165, 1.54) is 21.1 Å². The van der Waals surface area contributed by atoms with Crippen molar-refractivity contribution in [1.82, 2.24) is 14.3 Å². The van der Waals surface area contributed by atoms with Gasteiger partial charge in [-0.1, -0.05) is 66.5 Å². The van der Waals surface area contributed by atoms with Crippen LogP contribution in [0, 0.1) is 6.92 Å². The first-order valence-electron chi connectivity index (χ1n) is 10.1. The Morgan fingerprint density at radius 2 is 1.97 bits per heavy atom. The molecule has 1 unspecified atom stereocenters. The number of pyridine rings is 1. The summed E-state index contributed by atoms with van der Waals surface area (Å²) in [6.07, 6.45) is 4.90. The summed E-state index contributed by atoms with van der Waals surface area (Å²) < 4.78 is 1.95. The monoisotopic (exact) mass is 462 g/mol. The zero-order chi connectivity index (χ0) is 22.8. The molecule has 162 valence electrons. The highest BCUT2D eigenvalue weighted by Crippen LogP contribution is 2.33. The second kappa shape index (κ2) is 9.10. The smallest absolute Gasteiger partial charge is 0.267 e. The zero-order valence-corrected chi connectivity index (χ0v) is 19.4. The van der Waals surface area contributed by atoms with Crippen LogP contribution in [0.25, 0.3) is 11.7 Å². The van der Waals surface area contributed by atoms with Crippen molar-refractivity contribution < 1.29 is 4.79 Å². The molecule has 3 heterocycles. The van der Waals surface area contributed by atoms with Gasteiger partial charge in [-0.2, -0.15) is 0 Å². The van der Waals surface area contributed by atoms with E-state index in [1.807, 2.05) is 50.2 Å². The number of anilines is 1. The molecule has 1 aliphatic rings. The fourth-order valence-electron chi connectivity index (χ4n) is 3.50. The maximum Gasteiger partial charge on any atom is 0.267 e. The number of aromatic nitrogens is 2. The highest BCUT2D eigenvalue weighted by Gasteiger charge is 2.32. The number of amides is 1. The number of nitrogens with one attached hydrogen (secondary N) is 1. The third-order valence-electron chi connectivity index (χ3n) is 5.20. The highest BCUT2D eigenvalue weighted by molar-refractivity contribution is 8.26. The van der Waals surface area contributed by atoms with E-state index in [0.717, 1.165) is 11.1 Å². The maximum absolute atomic E-state index is 13.5. The zero-order valence-electron chi connectivity index (χ0n) is 17.7. The first kappa shape index (κ1) is 22.0. The number of aryl methyl sites for hydroxylation is 1. The fourth-order valence-corrected chi connectivity index (χ4v) is 4.76. The van der Waals surface area contributed by atoms with Crippen LogP contribution < -0.4 is 10.9 Å². The molecule has 0 radical (unpaired) electrons. The molecule has 1 atom stereocenters. The van der Waals surface area contributed by atoms with Gasteiger partial charge in [-0.3, -0.25) is 18.9 Å². The van der Waals surface area contributed by atoms with Gasteiger partial charge < -0.3 is 5.32 Å². The number of rotatable bonds is 6. The number of benzene rings is 1. The lowest BCUT2D eigenvalue weighted by Crippen LogP contribution is -2.28. The minimum absolute atomic E-state index is 0.100. The summed E-state index contributed by atoms with van der Waals surface area (Å²) >= 11 is 6.51. The van der Waals surface area contributed by atoms with Gasteiger partial charge in [0.1, 0.15) is 15.8 Å². The molecule has 8 heteroatoms. The van der Waals surface area contributed by atoms with E-state index < -0.39 is 0 Å². The minimum atomic E-state index is -0.254. The van der Waals surface area contributed by atoms with Crippen molar-refractivity contribution in [2.45, 2.75) is 19.9 Å². The minimum Gasteiger partial charge on any atom is -0.363 e. The summed E-state index contributed by atoms with van der Waals surface area (Å²) in [5.41, 5.74) is 2.56. The maximum atomic E-state index is 13.5. The predicted octanol–water partition coefficient (Wildman–Crippen LogP) is 4.56. The van der Waals surface area contributed by atoms with Crippen LogP contribution >= 0.6 is 24.0 Å². The topological polar surface area (TPSA) is 66.7 Å². The van der Waals surface area contributed by atoms with Gasteiger partial charge in [0.05, 0.1) is 10.5 Å². The average molecular weight is 463 g/mol. The molecule has 0 saturated carbocycles. The van der Waals surface area contributed by atoms with Crippen molar-refractivity contribution in [1.29, 1.82) is 0 Å². The van der Waals surface area contributed by atoms with Gasteiger partial charge in [-0.05, 0) is 37.1 Å². The Morgan fingerprint density at radius 3 is 2.69 bits per heavy atom. The summed E-state index contributed by atoms with van der Waals surface area (Å²) in [6.45, 7) is 7.92. The van der Waals surface area contributed by atoms with E-state index in [2.05, 4.69) is 11.9 Å². The van der Waals surface area contributed by atoms with E-state index in [9.17, 15) is 9.59 Å². The van der Waals surface area contributed by atoms with E-state index in [1.54, 1.807) is 24.4 Å². The molecule has 1 fully saturated rings. The molecule has 6 nitrogen and oxygen atoms in total. The summed E-state index contributed by atoms with van der Waals surface area (Å²) in [7, 11) is 0. The summed E-state index contributed by atoms with van der Waals surface area (Å²) in [6, 6.07) is 13.5. The van der Waals surface area contributed by atoms with Crippen molar-refractivity contribution in [3.8, 4) is 0 Å². The van der Waals surface area contributed by atoms with Gasteiger partial charge >= 0.3 is 0 Å². The predicted molar refractivity (Wildman–Crippen MR) is 135 cm³/mol. The Hall–Kier alpha value is -3.23. The van der Waals surface area contributed by atoms with Crippen LogP contribution in [0.2, 0.25) is 0 Å². The molecule has 32 heavy (non-hydrogen) atoms. The first-order chi connectivity index (χ1) is 15.4. The Bertz CT molecular complexity index is 1310. The highest BCUT2D eigenvalue weighted by atomic mass is 32.2. The summed E-state index contributed by atoms with van der Waals surface area (Å²) in [5, 5.41) is 3.37. The van der Waals surface area contributed by atoms with Crippen molar-refractivity contribution in [3.05, 3.63) is 93.3 Å². The van der Waals surface area contributed by atoms with Gasteiger partial charge in [0, 0.05) is 18.8 Å². The van der Waals surface area contributed by atoms with Crippen LogP contribution in [0.4, 0.5) is 5.82 Å². The van der Waals surface area contributed by atoms with Crippen LogP contribution in [0.15, 0.2) is 71.0 Å². The van der Waals surface area contributed by atoms with Gasteiger partial charge in [-0.25, -0.2) is 4.98 Å². The van der Waals surface area contributed by atoms with Crippen molar-refractivity contribution in [2.75, 3.05) is 11.9 Å². The summed E-state index contributed by atoms with van der Waals surface area (Å²) in [4.78, 5) is 32.9. The molecule has 0 bridgehead atoms. The Balaban J connectivity index is 1.85. The normalized spacial score (nSPS) is 16.1. The number of thiocarbonyl (C=S) groups is 1. The van der Waals surface area contributed by atoms with Gasteiger partial charge in [-0.15, -0.1) is 6.58 Å². The number of hydrogen-bond acceptors (Lipinski definition) is 6. The molecular formula is C24H22N4O2S2. The van der Waals surface area contributed by atoms with E-state index in [-0.39, 0.29) is 17.5 Å². The Labute approximate surface area is 195 Å². The molecule has 3 aromatic rings. The number of fused-ring (bicyclic) bond motifs is 1. The van der Waals surface area contributed by atoms with Crippen LogP contribution in [-0.4, -0.2) is 31.1 Å². The Morgan fingerprint density at radius 1 is 1.22 bits per heavy atom. The van der Waals surface area contributed by atoms with Crippen LogP contribution in [0.3, 0.4) is 0 Å². The quantitative estimate of drug-likeness (QED) is 0.329. The SMILES string of the molecule is C=CCN1C(=O)C(=Cc2c(NC(C)c3ccccc3)nc3c(C)cccn3c2=O)SC1=S. The Kier molecular flexibility index (Phi) is 6.25. The van der Waals surface area contributed by atoms with E-state index >= 15 is 0 Å². The first-order valence-corrected chi connectivity index (χ1v) is 11.3. The third kappa shape index (κ3) is 4.11. The molecule has 1 saturated heterocycles. The van der Waals surface area contributed by atoms with Crippen molar-refractivity contribution in [2.24, 2.45) is 0 Å². The summed E-state index contributed by atoms with van der Waals surface area (Å²) in [5.74, 6) is 0.185. The molecule has 0 spiro atoms. The van der Waals surface area contributed by atoms with E-state index in [4.69, 9.17) is 17.2 Å². The third-order valence-corrected chi connectivity index (χ3v) is 6.58. The van der Waals surface area contributed by atoms with Crippen LogP contribution in [-0.2, 0) is 4.79 Å². The van der Waals surface area contributed by atoms with Crippen molar-refractivity contribution in [3.63, 3.8) is 0 Å². The molecule has 1 amide bonds. The number of nitrogens with zero attached hydrogens (tertiary/aromatic N) is 3. The number of carbonyl (C=O) groups is 1. The lowest BCUT2D eigenvalue weighted by Gasteiger charge is -2.18. The molecule has 0 aliphatic carbocycles. The standard InChI is InChI=1S/C24H22N4O2S2/c1-4-12-28-23(30)19(32-24(28)31)14-18-20(25-16(3)17-10-6-5-7-11-17)26-21-15(2)9-8-13-27(21)22(18)29/h4-11,13-14,16,25H,1,12H2,2-3H3. The molecule has 1 aromatic carbocycles. The van der Waals surface area contributed by atoms with E-state index in [0.29, 0.717) is 32.8 Å². The van der Waals surface area contributed by atoms with Gasteiger partial charge in [0.2, 0.25) is 0 Å². The van der Waals surface area contributed by atoms with Gasteiger partial charge in [0.15, 0.2) is 0 Å². The molecular weight excluding hydrogens is 440 g/mol. The lowest BCUT2D eigenvalue weighted by atomic mass is 10.1. The molecule has 2 aromatic heterocycles. The number of hydrogen-bond donors (Lipinski definition) is 1. The van der Waals surface area contributed by atoms with Crippen molar-refractivity contribution >= 4 is 51.7 Å². The average Bonchev–Trinajstić information content (AvgIpc) is 3.05. The fraction of sp³-hybridized carbons (Fsp3) is 0.167. The second-order valence-electron chi connectivity index (χ2n) is 7.42. The lowest BCUT2D eigenvalue weighted by molar-refractivity contribution is -0.121. The van der Waals surface area contributed by atoms with Crippen LogP contribution in [0.5, 0.6) is 0 Å². The molecule has 1 N–H and O–H groups in total. The number of carbonyl (C=O) groups excluding carboxylic acids is 1. The molecule has 1 aliphatic heterocycles. The van der Waals surface area contributed by atoms with Crippen LogP contribution in [0.1, 0.15) is 29.7 Å². The largest absolute Gasteiger partial charge is 0.363 e.